The summed E-state index contributed by atoms with van der Waals surface area (Å²) in [5, 5.41) is 22.3. The van der Waals surface area contributed by atoms with Gasteiger partial charge in [-0.3, -0.25) is 0 Å². The third-order valence-electron chi connectivity index (χ3n) is 5.17. The molecule has 6 nitrogen and oxygen atoms in total. The van der Waals surface area contributed by atoms with Gasteiger partial charge < -0.3 is 29.2 Å². The maximum Gasteiger partial charge on any atom is 0.130 e. The number of benzene rings is 2. The summed E-state index contributed by atoms with van der Waals surface area (Å²) in [5.74, 6) is 1.47. The Bertz CT molecular complexity index is 778. The third kappa shape index (κ3) is 8.58. The fourth-order valence-electron chi connectivity index (χ4n) is 3.32. The van der Waals surface area contributed by atoms with Gasteiger partial charge in [-0.1, -0.05) is 57.9 Å². The van der Waals surface area contributed by atoms with E-state index in [0.717, 1.165) is 54.2 Å². The zero-order valence-corrected chi connectivity index (χ0v) is 19.8. The molecule has 2 N–H and O–H groups in total. The lowest BCUT2D eigenvalue weighted by Crippen LogP contribution is -2.24. The quantitative estimate of drug-likeness (QED) is 0.347. The Morgan fingerprint density at radius 2 is 1.31 bits per heavy atom. The number of ether oxygens (including phenoxy) is 4. The highest BCUT2D eigenvalue weighted by Gasteiger charge is 2.16. The van der Waals surface area contributed by atoms with E-state index in [-0.39, 0.29) is 26.4 Å². The summed E-state index contributed by atoms with van der Waals surface area (Å²) in [6.07, 6.45) is 3.48. The second-order valence-corrected chi connectivity index (χ2v) is 8.05. The summed E-state index contributed by atoms with van der Waals surface area (Å²) in [6, 6.07) is 9.84. The number of fused-ring (bicyclic) bond motifs is 1. The van der Waals surface area contributed by atoms with Crippen molar-refractivity contribution < 1.29 is 29.2 Å². The van der Waals surface area contributed by atoms with Crippen molar-refractivity contribution in [2.45, 2.75) is 65.1 Å². The van der Waals surface area contributed by atoms with Gasteiger partial charge >= 0.3 is 0 Å². The van der Waals surface area contributed by atoms with Crippen LogP contribution in [0.4, 0.5) is 0 Å². The van der Waals surface area contributed by atoms with Gasteiger partial charge in [0.15, 0.2) is 0 Å². The highest BCUT2D eigenvalue weighted by atomic mass is 16.5. The van der Waals surface area contributed by atoms with Crippen molar-refractivity contribution in [1.82, 2.24) is 0 Å². The Kier molecular flexibility index (Phi) is 12.4. The largest absolute Gasteiger partial charge is 0.490 e. The van der Waals surface area contributed by atoms with E-state index in [4.69, 9.17) is 18.9 Å². The van der Waals surface area contributed by atoms with E-state index in [1.807, 2.05) is 30.3 Å². The van der Waals surface area contributed by atoms with E-state index in [2.05, 4.69) is 20.8 Å². The highest BCUT2D eigenvalue weighted by molar-refractivity contribution is 5.94. The van der Waals surface area contributed by atoms with Crippen molar-refractivity contribution >= 4 is 10.8 Å². The fourth-order valence-corrected chi connectivity index (χ4v) is 3.32. The topological polar surface area (TPSA) is 77.4 Å². The normalized spacial score (nSPS) is 13.3. The van der Waals surface area contributed by atoms with Crippen LogP contribution in [0, 0.1) is 0 Å². The van der Waals surface area contributed by atoms with E-state index >= 15 is 0 Å². The molecular weight excluding hydrogens is 408 g/mol. The van der Waals surface area contributed by atoms with E-state index in [0.29, 0.717) is 19.0 Å². The molecule has 0 spiro atoms. The van der Waals surface area contributed by atoms with Crippen LogP contribution in [0.5, 0.6) is 11.5 Å². The molecule has 2 aromatic carbocycles. The summed E-state index contributed by atoms with van der Waals surface area (Å²) in [5.41, 5.74) is 0.992. The number of aliphatic hydroxyl groups excluding tert-OH is 2. The van der Waals surface area contributed by atoms with Gasteiger partial charge in [0.1, 0.15) is 36.9 Å². The number of hydrogen-bond donors (Lipinski definition) is 2. The molecule has 0 heterocycles. The van der Waals surface area contributed by atoms with E-state index in [1.165, 1.54) is 0 Å². The first kappa shape index (κ1) is 26.4. The molecule has 0 amide bonds. The molecule has 180 valence electrons. The molecule has 32 heavy (non-hydrogen) atoms. The minimum Gasteiger partial charge on any atom is -0.490 e. The Labute approximate surface area is 192 Å². The summed E-state index contributed by atoms with van der Waals surface area (Å²) < 4.78 is 23.0. The number of unbranched alkanes of at least 4 members (excludes halogenated alkanes) is 2. The van der Waals surface area contributed by atoms with Gasteiger partial charge in [0.2, 0.25) is 0 Å². The average molecular weight is 449 g/mol. The van der Waals surface area contributed by atoms with Crippen molar-refractivity contribution in [3.05, 3.63) is 35.9 Å². The average Bonchev–Trinajstić information content (AvgIpc) is 2.81. The molecule has 0 fully saturated rings. The van der Waals surface area contributed by atoms with Gasteiger partial charge in [0.05, 0.1) is 13.2 Å². The van der Waals surface area contributed by atoms with E-state index < -0.39 is 12.2 Å². The SMILES string of the molecule is CCCCOCC(O)COc1cc(CC)c(OCC(O)COCCCC)c2ccccc12. The van der Waals surface area contributed by atoms with Crippen LogP contribution in [0.1, 0.15) is 52.0 Å². The van der Waals surface area contributed by atoms with Crippen LogP contribution in [0.2, 0.25) is 0 Å². The number of aliphatic hydroxyl groups is 2. The summed E-state index contributed by atoms with van der Waals surface area (Å²) in [7, 11) is 0. The number of hydrogen-bond acceptors (Lipinski definition) is 6. The molecule has 2 atom stereocenters. The maximum absolute atomic E-state index is 10.2. The fraction of sp³-hybridized carbons (Fsp3) is 0.615. The maximum atomic E-state index is 10.2. The molecule has 0 aliphatic carbocycles. The first-order valence-corrected chi connectivity index (χ1v) is 11.9. The van der Waals surface area contributed by atoms with Crippen LogP contribution in [-0.4, -0.2) is 62.1 Å². The lowest BCUT2D eigenvalue weighted by atomic mass is 10.0. The lowest BCUT2D eigenvalue weighted by Gasteiger charge is -2.20. The molecule has 0 saturated carbocycles. The Hall–Kier alpha value is -1.86. The van der Waals surface area contributed by atoms with Crippen LogP contribution in [-0.2, 0) is 15.9 Å². The second kappa shape index (κ2) is 15.1. The first-order valence-electron chi connectivity index (χ1n) is 11.9. The summed E-state index contributed by atoms with van der Waals surface area (Å²) in [6.45, 7) is 8.42. The molecule has 0 aliphatic rings. The van der Waals surface area contributed by atoms with Crippen LogP contribution in [0.25, 0.3) is 10.8 Å². The van der Waals surface area contributed by atoms with Crippen molar-refractivity contribution in [1.29, 1.82) is 0 Å². The second-order valence-electron chi connectivity index (χ2n) is 8.05. The molecule has 0 saturated heterocycles. The molecule has 2 rings (SSSR count). The van der Waals surface area contributed by atoms with Gasteiger partial charge in [0, 0.05) is 24.0 Å². The standard InChI is InChI=1S/C26H40O6/c1-4-7-13-29-16-21(27)18-31-25-15-20(6-3)26(24-12-10-9-11-23(24)25)32-19-22(28)17-30-14-8-5-2/h9-12,15,21-22,27-28H,4-8,13-14,16-19H2,1-3H3. The molecule has 0 aromatic heterocycles. The molecule has 2 unspecified atom stereocenters. The van der Waals surface area contributed by atoms with Crippen molar-refractivity contribution in [3.8, 4) is 11.5 Å². The smallest absolute Gasteiger partial charge is 0.130 e. The lowest BCUT2D eigenvalue weighted by molar-refractivity contribution is 0.0109. The molecule has 0 bridgehead atoms. The van der Waals surface area contributed by atoms with Crippen molar-refractivity contribution in [2.24, 2.45) is 0 Å². The van der Waals surface area contributed by atoms with Crippen molar-refractivity contribution in [3.63, 3.8) is 0 Å². The summed E-state index contributed by atoms with van der Waals surface area (Å²) in [4.78, 5) is 0. The van der Waals surface area contributed by atoms with Gasteiger partial charge in [-0.15, -0.1) is 0 Å². The van der Waals surface area contributed by atoms with Crippen LogP contribution in [0.15, 0.2) is 30.3 Å². The van der Waals surface area contributed by atoms with Gasteiger partial charge in [-0.05, 0) is 30.9 Å². The Balaban J connectivity index is 2.06. The van der Waals surface area contributed by atoms with E-state index in [9.17, 15) is 10.2 Å². The highest BCUT2D eigenvalue weighted by Crippen LogP contribution is 2.37. The van der Waals surface area contributed by atoms with Gasteiger partial charge in [-0.25, -0.2) is 0 Å². The molecular formula is C26H40O6. The van der Waals surface area contributed by atoms with Crippen LogP contribution >= 0.6 is 0 Å². The van der Waals surface area contributed by atoms with Crippen LogP contribution in [0.3, 0.4) is 0 Å². The first-order chi connectivity index (χ1) is 15.6. The molecule has 0 aliphatic heterocycles. The molecule has 6 heteroatoms. The van der Waals surface area contributed by atoms with Gasteiger partial charge in [0.25, 0.3) is 0 Å². The third-order valence-corrected chi connectivity index (χ3v) is 5.17. The minimum atomic E-state index is -0.686. The van der Waals surface area contributed by atoms with E-state index in [1.54, 1.807) is 0 Å². The molecule has 2 aromatic rings. The zero-order chi connectivity index (χ0) is 23.2. The van der Waals surface area contributed by atoms with Gasteiger partial charge in [-0.2, -0.15) is 0 Å². The number of aryl methyl sites for hydroxylation is 1. The Morgan fingerprint density at radius 3 is 1.88 bits per heavy atom. The molecule has 0 radical (unpaired) electrons. The zero-order valence-electron chi connectivity index (χ0n) is 19.8. The monoisotopic (exact) mass is 448 g/mol. The summed E-state index contributed by atoms with van der Waals surface area (Å²) >= 11 is 0. The Morgan fingerprint density at radius 1 is 0.750 bits per heavy atom. The van der Waals surface area contributed by atoms with Crippen molar-refractivity contribution in [2.75, 3.05) is 39.6 Å². The van der Waals surface area contributed by atoms with Crippen LogP contribution < -0.4 is 9.47 Å². The minimum absolute atomic E-state index is 0.160. The number of rotatable bonds is 17. The predicted octanol–water partition coefficient (Wildman–Crippen LogP) is 4.52. The predicted molar refractivity (Wildman–Crippen MR) is 128 cm³/mol.